The van der Waals surface area contributed by atoms with E-state index in [2.05, 4.69) is 65.4 Å². The molecular formula is C68H72N10O26P2S2. The van der Waals surface area contributed by atoms with Crippen LogP contribution in [0.15, 0.2) is 121 Å². The minimum absolute atomic E-state index is 0.00225. The average molecular weight is 1570 g/mol. The molecule has 4 amide bonds. The van der Waals surface area contributed by atoms with Crippen LogP contribution in [0.4, 0.5) is 21.2 Å². The predicted octanol–water partition coefficient (Wildman–Crippen LogP) is 6.88. The molecule has 4 aromatic carbocycles. The number of esters is 4. The zero-order chi connectivity index (χ0) is 76.7. The second-order valence-corrected chi connectivity index (χ2v) is 31.0. The van der Waals surface area contributed by atoms with Gasteiger partial charge in [-0.25, -0.2) is 38.5 Å². The van der Waals surface area contributed by atoms with Gasteiger partial charge < -0.3 is 72.5 Å². The molecule has 108 heavy (non-hydrogen) atoms. The van der Waals surface area contributed by atoms with Crippen molar-refractivity contribution < 1.29 is 118 Å². The Morgan fingerprint density at radius 1 is 0.769 bits per heavy atom. The van der Waals surface area contributed by atoms with Crippen LogP contribution >= 0.6 is 38.1 Å². The molecule has 14 atom stereocenters. The van der Waals surface area contributed by atoms with Gasteiger partial charge in [0.05, 0.1) is 38.4 Å². The van der Waals surface area contributed by atoms with Crippen LogP contribution in [0.25, 0.3) is 22.3 Å². The normalized spacial score (nSPS) is 25.9. The number of aliphatic hydroxyl groups is 1. The molecular weight excluding hydrogens is 1500 g/mol. The lowest BCUT2D eigenvalue weighted by Gasteiger charge is -2.43. The molecule has 2 bridgehead atoms. The van der Waals surface area contributed by atoms with Crippen LogP contribution in [-0.4, -0.2) is 189 Å². The number of benzene rings is 4. The Kier molecular flexibility index (Phi) is 24.3. The number of rotatable bonds is 21. The van der Waals surface area contributed by atoms with Crippen LogP contribution in [0.1, 0.15) is 84.8 Å². The monoisotopic (exact) mass is 1570 g/mol. The highest BCUT2D eigenvalue weighted by molar-refractivity contribution is 8.44. The molecule has 5 aliphatic rings. The molecule has 0 unspecified atom stereocenters. The number of nitrogens with zero attached hydrogens (tertiary/aromatic N) is 6. The van der Waals surface area contributed by atoms with Crippen molar-refractivity contribution >= 4 is 109 Å². The Morgan fingerprint density at radius 2 is 1.45 bits per heavy atom. The zero-order valence-corrected chi connectivity index (χ0v) is 61.5. The molecule has 7 aromatic rings. The van der Waals surface area contributed by atoms with Gasteiger partial charge in [-0.15, -0.1) is 0 Å². The van der Waals surface area contributed by atoms with Crippen molar-refractivity contribution in [3.63, 3.8) is 0 Å². The number of methoxy groups -OCH3 is 1. The molecule has 3 saturated heterocycles. The molecule has 5 N–H and O–H groups in total. The summed E-state index contributed by atoms with van der Waals surface area (Å²) in [5, 5.41) is 19.5. The summed E-state index contributed by atoms with van der Waals surface area (Å²) >= 11 is 8.45. The maximum Gasteiger partial charge on any atom is 0.410 e. The van der Waals surface area contributed by atoms with Crippen molar-refractivity contribution in [2.75, 3.05) is 51.2 Å². The van der Waals surface area contributed by atoms with E-state index in [9.17, 15) is 57.4 Å². The fourth-order valence-corrected chi connectivity index (χ4v) is 16.1. The lowest BCUT2D eigenvalue weighted by Crippen LogP contribution is -2.64. The van der Waals surface area contributed by atoms with E-state index in [1.165, 1.54) is 54.5 Å². The van der Waals surface area contributed by atoms with Crippen molar-refractivity contribution in [1.29, 1.82) is 0 Å². The van der Waals surface area contributed by atoms with Gasteiger partial charge in [-0.2, -0.15) is 4.98 Å². The first-order valence-corrected chi connectivity index (χ1v) is 38.8. The number of carbonyl (C=O) groups excluding carboxylic acids is 8. The minimum Gasteiger partial charge on any atom is -0.474 e. The quantitative estimate of drug-likeness (QED) is 0.0167. The third-order valence-electron chi connectivity index (χ3n) is 17.8. The first-order valence-electron chi connectivity index (χ1n) is 33.4. The maximum absolute atomic E-state index is 14.3. The van der Waals surface area contributed by atoms with Gasteiger partial charge in [0, 0.05) is 83.4 Å². The Morgan fingerprint density at radius 3 is 2.17 bits per heavy atom. The van der Waals surface area contributed by atoms with Crippen LogP contribution < -0.4 is 31.0 Å². The summed E-state index contributed by atoms with van der Waals surface area (Å²) in [4.78, 5) is 140. The molecule has 0 spiro atoms. The molecule has 6 heterocycles. The maximum atomic E-state index is 14.3. The van der Waals surface area contributed by atoms with Gasteiger partial charge in [0.2, 0.25) is 30.1 Å². The van der Waals surface area contributed by atoms with E-state index in [1.807, 2.05) is 48.5 Å². The van der Waals surface area contributed by atoms with Gasteiger partial charge in [0.15, 0.2) is 35.7 Å². The number of ether oxygens (including phenoxy) is 10. The molecule has 572 valence electrons. The molecule has 4 fully saturated rings. The van der Waals surface area contributed by atoms with Crippen molar-refractivity contribution in [1.82, 2.24) is 39.7 Å². The van der Waals surface area contributed by atoms with Crippen LogP contribution in [0.3, 0.4) is 0 Å². The number of nitrogens with one attached hydrogen (secondary N) is 4. The predicted molar refractivity (Wildman–Crippen MR) is 379 cm³/mol. The summed E-state index contributed by atoms with van der Waals surface area (Å²) in [5.74, 6) is -6.75. The number of amides is 4. The van der Waals surface area contributed by atoms with Crippen LogP contribution in [0.2, 0.25) is 0 Å². The van der Waals surface area contributed by atoms with E-state index in [1.54, 1.807) is 18.2 Å². The van der Waals surface area contributed by atoms with E-state index in [-0.39, 0.29) is 96.7 Å². The second-order valence-electron chi connectivity index (χ2n) is 25.2. The molecule has 12 rings (SSSR count). The van der Waals surface area contributed by atoms with E-state index in [0.29, 0.717) is 0 Å². The summed E-state index contributed by atoms with van der Waals surface area (Å²) in [6.07, 6.45) is -14.3. The second kappa shape index (κ2) is 33.7. The van der Waals surface area contributed by atoms with Crippen molar-refractivity contribution in [3.8, 4) is 22.8 Å². The number of imidazole rings is 1. The van der Waals surface area contributed by atoms with Crippen molar-refractivity contribution in [2.45, 2.75) is 127 Å². The molecule has 0 radical (unpaired) electrons. The first kappa shape index (κ1) is 77.8. The van der Waals surface area contributed by atoms with Gasteiger partial charge in [-0.3, -0.25) is 57.2 Å². The summed E-state index contributed by atoms with van der Waals surface area (Å²) in [5.41, 5.74) is 2.99. The molecule has 36 nitrogen and oxygen atoms in total. The number of aromatic amines is 1. The summed E-state index contributed by atoms with van der Waals surface area (Å²) < 4.78 is 109. The molecule has 3 aliphatic heterocycles. The van der Waals surface area contributed by atoms with Crippen LogP contribution in [0.5, 0.6) is 11.6 Å². The molecule has 2 aliphatic carbocycles. The fraction of sp³-hybridized carbons (Fsp3) is 0.397. The van der Waals surface area contributed by atoms with E-state index >= 15 is 0 Å². The van der Waals surface area contributed by atoms with Crippen LogP contribution in [-0.2, 0) is 102 Å². The van der Waals surface area contributed by atoms with Gasteiger partial charge in [0.1, 0.15) is 49.7 Å². The zero-order valence-electron chi connectivity index (χ0n) is 58.0. The lowest BCUT2D eigenvalue weighted by molar-refractivity contribution is -0.282. The summed E-state index contributed by atoms with van der Waals surface area (Å²) in [6, 6.07) is 27.3. The third-order valence-corrected chi connectivity index (χ3v) is 21.0. The van der Waals surface area contributed by atoms with Gasteiger partial charge in [-0.1, -0.05) is 97.3 Å². The number of thiol groups is 2. The minimum atomic E-state index is -4.44. The number of fused-ring (bicyclic) bond motifs is 7. The Labute approximate surface area is 624 Å². The van der Waals surface area contributed by atoms with Gasteiger partial charge >= 0.3 is 49.7 Å². The number of aromatic nitrogens is 6. The number of alkyl carbamates (subject to hydrolysis) is 1. The van der Waals surface area contributed by atoms with Crippen LogP contribution in [0, 0.1) is 5.92 Å². The highest BCUT2D eigenvalue weighted by Crippen LogP contribution is 2.61. The Balaban J connectivity index is 0.724. The van der Waals surface area contributed by atoms with Gasteiger partial charge in [0.25, 0.3) is 11.5 Å². The standard InChI is InChI=1S/C68H72N10O26P2S2/c1-34(79)96-56-57(97-35(2)80)59(98-36(3)81)65(102-58(56)64(86)91-5)101-48-19-18-37(24-47(48)73-51(82)20-23-70-67(87)92-30-46-44-16-10-8-14-42(44)43-15-9-11-17-45(43)46)28-93-68(88)77(4)27-38-12-6-7-13-41(38)61(84)75-66-74-60-53(62(85)76-66)72-33-78(60)63-55-54(83)50(100-63)31-95-105(89,107)103-49-26-40(99-52-21-22-69-32-71-52)25-39(49)29-94-106(90,108)104-55/h6-19,21-22,24,32-33,39-40,46,49-50,54-59,63,65,83H,20,23,25-31H2,1-5H3,(H,70,87)(H,73,82)(H,89,107)(H,90,108)(H2,74,75,76,84,85)/t39-,40-,49+,50-,54-,55-,56+,57+,58+,59-,63-,65-,105-,106-/m1/s1. The Hall–Kier alpha value is -9.85. The number of hydrogen-bond donors (Lipinski definition) is 7. The molecule has 3 aromatic heterocycles. The highest BCUT2D eigenvalue weighted by Gasteiger charge is 2.57. The number of anilines is 2. The largest absolute Gasteiger partial charge is 0.474 e. The lowest BCUT2D eigenvalue weighted by atomic mass is 9.97. The van der Waals surface area contributed by atoms with E-state index in [4.69, 9.17) is 65.5 Å². The van der Waals surface area contributed by atoms with Crippen molar-refractivity contribution in [2.24, 2.45) is 5.92 Å². The fourth-order valence-electron chi connectivity index (χ4n) is 13.0. The number of aliphatic hydroxyl groups excluding tert-OH is 1. The molecule has 40 heteroatoms. The average Bonchev–Trinajstić information content (AvgIpc) is 1.54. The summed E-state index contributed by atoms with van der Waals surface area (Å²) in [6.45, 7) is -7.57. The summed E-state index contributed by atoms with van der Waals surface area (Å²) in [7, 11) is 2.38. The smallest absolute Gasteiger partial charge is 0.410 e. The van der Waals surface area contributed by atoms with Gasteiger partial charge in [-0.05, 0) is 58.0 Å². The highest BCUT2D eigenvalue weighted by atomic mass is 32.7. The Bertz CT molecular complexity index is 4690. The van der Waals surface area contributed by atoms with E-state index in [0.717, 1.165) is 61.4 Å². The SMILES string of the molecule is COC(=O)[C@H]1O[C@@H](Oc2ccc(COC(=O)N(C)Cc3ccccc3C(=O)Nc3nc4c(ncn4[C@@H]4O[C@@H]5CO[P@@](=O)(S)O[C@H]6C[C@H](Oc7ccncn7)C[C@@H]6CO[P@@](=O)(S)O[C@@H]4[C@@H]5O)c(=O)[nH]3)cc2NC(=O)CCNC(=O)OCC2c3ccccc3-c3ccccc32)[C@H](OC(C)=O)[C@@H](OC(C)=O)[C@@H]1OC(C)=O. The number of H-pyrrole nitrogens is 1. The van der Waals surface area contributed by atoms with E-state index < -0.39 is 160 Å². The number of carbonyl (C=O) groups is 8. The molecule has 1 saturated carbocycles. The van der Waals surface area contributed by atoms with Crippen molar-refractivity contribution in [3.05, 3.63) is 154 Å². The third kappa shape index (κ3) is 18.5. The first-order chi connectivity index (χ1) is 51.7. The number of hydrogen-bond acceptors (Lipinski definition) is 30. The topological polar surface area (TPSA) is 449 Å².